The number of carbonyl (C=O) groups excluding carboxylic acids is 2. The van der Waals surface area contributed by atoms with Gasteiger partial charge in [-0.2, -0.15) is 0 Å². The highest BCUT2D eigenvalue weighted by Crippen LogP contribution is 2.40. The van der Waals surface area contributed by atoms with Crippen LogP contribution in [0.25, 0.3) is 0 Å². The van der Waals surface area contributed by atoms with Crippen LogP contribution < -0.4 is 11.2 Å². The summed E-state index contributed by atoms with van der Waals surface area (Å²) in [7, 11) is 0. The topological polar surface area (TPSA) is 96.6 Å². The van der Waals surface area contributed by atoms with Crippen molar-refractivity contribution in [2.45, 2.75) is 46.2 Å². The van der Waals surface area contributed by atoms with Gasteiger partial charge in [-0.25, -0.2) is 4.79 Å². The van der Waals surface area contributed by atoms with Crippen molar-refractivity contribution >= 4 is 11.9 Å². The summed E-state index contributed by atoms with van der Waals surface area (Å²) in [6.45, 7) is 5.62. The van der Waals surface area contributed by atoms with Crippen molar-refractivity contribution in [2.75, 3.05) is 13.2 Å². The molecule has 0 N–H and O–H groups in total. The van der Waals surface area contributed by atoms with Crippen molar-refractivity contribution < 1.29 is 19.1 Å². The normalized spacial score (nSPS) is 18.7. The van der Waals surface area contributed by atoms with Crippen LogP contribution in [0.3, 0.4) is 0 Å². The number of nitrogens with zero attached hydrogens (tertiary/aromatic N) is 2. The third-order valence-corrected chi connectivity index (χ3v) is 5.66. The summed E-state index contributed by atoms with van der Waals surface area (Å²) in [5.41, 5.74) is 0.436. The lowest BCUT2D eigenvalue weighted by atomic mass is 9.96. The highest BCUT2D eigenvalue weighted by molar-refractivity contribution is 5.83. The molecule has 2 atom stereocenters. The zero-order valence-corrected chi connectivity index (χ0v) is 18.1. The van der Waals surface area contributed by atoms with E-state index in [1.807, 2.05) is 30.3 Å². The maximum absolute atomic E-state index is 13.2. The van der Waals surface area contributed by atoms with E-state index in [1.165, 1.54) is 15.3 Å². The molecule has 3 rings (SSSR count). The lowest BCUT2D eigenvalue weighted by molar-refractivity contribution is -0.158. The molecule has 0 bridgehead atoms. The van der Waals surface area contributed by atoms with Gasteiger partial charge in [-0.3, -0.25) is 23.5 Å². The van der Waals surface area contributed by atoms with Crippen molar-refractivity contribution in [3.8, 4) is 0 Å². The van der Waals surface area contributed by atoms with Gasteiger partial charge in [0.25, 0.3) is 5.56 Å². The molecule has 0 aliphatic heterocycles. The Morgan fingerprint density at radius 3 is 2.03 bits per heavy atom. The third kappa shape index (κ3) is 4.78. The molecule has 0 saturated heterocycles. The summed E-state index contributed by atoms with van der Waals surface area (Å²) >= 11 is 0. The number of rotatable bonds is 7. The fourth-order valence-corrected chi connectivity index (χ4v) is 4.18. The maximum Gasteiger partial charge on any atom is 0.331 e. The molecular weight excluding hydrogens is 400 g/mol. The molecule has 8 heteroatoms. The number of aryl methyl sites for hydroxylation is 1. The van der Waals surface area contributed by atoms with Crippen LogP contribution in [0.4, 0.5) is 0 Å². The summed E-state index contributed by atoms with van der Waals surface area (Å²) in [6.07, 6.45) is 2.06. The maximum atomic E-state index is 13.2. The zero-order valence-electron chi connectivity index (χ0n) is 18.1. The SMILES string of the molecule is CCOC(=O)[C@@H]1CC(n2cc(C)c(=O)n(Cc3ccccc3)c2=O)C[C@H]1C(=O)OCC. The van der Waals surface area contributed by atoms with E-state index in [2.05, 4.69) is 0 Å². The van der Waals surface area contributed by atoms with E-state index in [0.717, 1.165) is 5.56 Å². The third-order valence-electron chi connectivity index (χ3n) is 5.66. The summed E-state index contributed by atoms with van der Waals surface area (Å²) in [5.74, 6) is -2.31. The second-order valence-corrected chi connectivity index (χ2v) is 7.72. The van der Waals surface area contributed by atoms with E-state index in [4.69, 9.17) is 9.47 Å². The Morgan fingerprint density at radius 1 is 0.968 bits per heavy atom. The quantitative estimate of drug-likeness (QED) is 0.627. The van der Waals surface area contributed by atoms with E-state index >= 15 is 0 Å². The molecule has 0 unspecified atom stereocenters. The average Bonchev–Trinajstić information content (AvgIpc) is 3.20. The second kappa shape index (κ2) is 9.76. The summed E-state index contributed by atoms with van der Waals surface area (Å²) in [4.78, 5) is 50.9. The lowest BCUT2D eigenvalue weighted by Gasteiger charge is -2.17. The largest absolute Gasteiger partial charge is 0.466 e. The molecule has 1 heterocycles. The van der Waals surface area contributed by atoms with Gasteiger partial charge in [-0.1, -0.05) is 30.3 Å². The van der Waals surface area contributed by atoms with Gasteiger partial charge in [0.05, 0.1) is 31.6 Å². The number of hydrogen-bond acceptors (Lipinski definition) is 6. The Bertz CT molecular complexity index is 1030. The monoisotopic (exact) mass is 428 g/mol. The summed E-state index contributed by atoms with van der Waals surface area (Å²) in [6, 6.07) is 8.84. The van der Waals surface area contributed by atoms with Crippen LogP contribution in [-0.2, 0) is 25.6 Å². The van der Waals surface area contributed by atoms with Crippen molar-refractivity contribution in [3.05, 3.63) is 68.5 Å². The molecule has 1 aliphatic carbocycles. The zero-order chi connectivity index (χ0) is 22.5. The van der Waals surface area contributed by atoms with Crippen LogP contribution in [0.2, 0.25) is 0 Å². The van der Waals surface area contributed by atoms with Crippen molar-refractivity contribution in [1.82, 2.24) is 9.13 Å². The molecule has 0 spiro atoms. The fraction of sp³-hybridized carbons (Fsp3) is 0.478. The van der Waals surface area contributed by atoms with Crippen LogP contribution in [0.15, 0.2) is 46.1 Å². The molecule has 1 aromatic carbocycles. The molecule has 8 nitrogen and oxygen atoms in total. The fourth-order valence-electron chi connectivity index (χ4n) is 4.18. The van der Waals surface area contributed by atoms with Crippen LogP contribution in [0.5, 0.6) is 0 Å². The minimum Gasteiger partial charge on any atom is -0.466 e. The van der Waals surface area contributed by atoms with Crippen molar-refractivity contribution in [3.63, 3.8) is 0 Å². The molecule has 1 aliphatic rings. The van der Waals surface area contributed by atoms with Crippen molar-refractivity contribution in [1.29, 1.82) is 0 Å². The Labute approximate surface area is 180 Å². The van der Waals surface area contributed by atoms with Gasteiger partial charge in [0.15, 0.2) is 0 Å². The van der Waals surface area contributed by atoms with E-state index in [0.29, 0.717) is 5.56 Å². The first-order valence-corrected chi connectivity index (χ1v) is 10.6. The first-order valence-electron chi connectivity index (χ1n) is 10.6. The minimum atomic E-state index is -0.689. The molecule has 1 fully saturated rings. The number of carbonyl (C=O) groups is 2. The first kappa shape index (κ1) is 22.5. The van der Waals surface area contributed by atoms with E-state index in [9.17, 15) is 19.2 Å². The molecular formula is C23H28N2O6. The van der Waals surface area contributed by atoms with Gasteiger partial charge in [0.1, 0.15) is 0 Å². The molecule has 2 aromatic rings. The van der Waals surface area contributed by atoms with Gasteiger partial charge in [-0.05, 0) is 39.2 Å². The summed E-state index contributed by atoms with van der Waals surface area (Å²) < 4.78 is 13.0. The molecule has 1 aromatic heterocycles. The second-order valence-electron chi connectivity index (χ2n) is 7.72. The van der Waals surface area contributed by atoms with Gasteiger partial charge >= 0.3 is 17.6 Å². The molecule has 0 radical (unpaired) electrons. The minimum absolute atomic E-state index is 0.148. The molecule has 0 amide bonds. The molecule has 166 valence electrons. The van der Waals surface area contributed by atoms with Gasteiger partial charge in [0.2, 0.25) is 0 Å². The predicted octanol–water partition coefficient (Wildman–Crippen LogP) is 2.06. The van der Waals surface area contributed by atoms with Crippen LogP contribution >= 0.6 is 0 Å². The highest BCUT2D eigenvalue weighted by Gasteiger charge is 2.45. The highest BCUT2D eigenvalue weighted by atomic mass is 16.5. The van der Waals surface area contributed by atoms with Crippen molar-refractivity contribution in [2.24, 2.45) is 11.8 Å². The summed E-state index contributed by atoms with van der Waals surface area (Å²) in [5, 5.41) is 0. The average molecular weight is 428 g/mol. The Kier molecular flexibility index (Phi) is 7.09. The number of aromatic nitrogens is 2. The van der Waals surface area contributed by atoms with Crippen LogP contribution in [-0.4, -0.2) is 34.3 Å². The number of benzene rings is 1. The van der Waals surface area contributed by atoms with Crippen LogP contribution in [0.1, 0.15) is 43.9 Å². The number of ether oxygens (including phenoxy) is 2. The number of esters is 2. The molecule has 31 heavy (non-hydrogen) atoms. The van der Waals surface area contributed by atoms with E-state index in [1.54, 1.807) is 20.8 Å². The predicted molar refractivity (Wildman–Crippen MR) is 114 cm³/mol. The van der Waals surface area contributed by atoms with E-state index in [-0.39, 0.29) is 38.2 Å². The Morgan fingerprint density at radius 2 is 1.52 bits per heavy atom. The van der Waals surface area contributed by atoms with Crippen LogP contribution in [0, 0.1) is 18.8 Å². The smallest absolute Gasteiger partial charge is 0.331 e. The van der Waals surface area contributed by atoms with Gasteiger partial charge in [0, 0.05) is 17.8 Å². The Hall–Kier alpha value is -3.16. The van der Waals surface area contributed by atoms with Gasteiger partial charge in [-0.15, -0.1) is 0 Å². The Balaban J connectivity index is 1.98. The standard InChI is InChI=1S/C23H28N2O6/c1-4-30-21(27)18-11-17(12-19(18)22(28)31-5-2)24-13-15(3)20(26)25(23(24)29)14-16-9-7-6-8-10-16/h6-10,13,17-19H,4-5,11-12,14H2,1-3H3/t18-,19-/m1/s1. The number of hydrogen-bond donors (Lipinski definition) is 0. The lowest BCUT2D eigenvalue weighted by Crippen LogP contribution is -2.42. The van der Waals surface area contributed by atoms with Gasteiger partial charge < -0.3 is 9.47 Å². The first-order chi connectivity index (χ1) is 14.9. The molecule has 1 saturated carbocycles. The van der Waals surface area contributed by atoms with E-state index < -0.39 is 35.5 Å².